The second kappa shape index (κ2) is 16.0. The summed E-state index contributed by atoms with van der Waals surface area (Å²) in [6.07, 6.45) is -12.8. The minimum atomic E-state index is -2.42. The summed E-state index contributed by atoms with van der Waals surface area (Å²) in [7, 11) is 1.07. The molecule has 4 N–H and O–H groups in total. The van der Waals surface area contributed by atoms with Gasteiger partial charge in [-0.25, -0.2) is 19.2 Å². The van der Waals surface area contributed by atoms with E-state index in [1.165, 1.54) is 39.8 Å². The van der Waals surface area contributed by atoms with Gasteiger partial charge in [-0.1, -0.05) is 52.8 Å². The third-order valence-electron chi connectivity index (χ3n) is 12.7. The summed E-state index contributed by atoms with van der Waals surface area (Å²) in [6.45, 7) is 16.6. The molecule has 1 aliphatic heterocycles. The second-order valence-electron chi connectivity index (χ2n) is 19.1. The number of hydrogen-bond acceptors (Lipinski definition) is 16. The number of ether oxygens (including phenoxy) is 7. The molecule has 332 valence electrons. The lowest BCUT2D eigenvalue weighted by molar-refractivity contribution is -0.344. The van der Waals surface area contributed by atoms with Gasteiger partial charge in [0.15, 0.2) is 23.6 Å². The van der Waals surface area contributed by atoms with Crippen molar-refractivity contribution in [3.63, 3.8) is 0 Å². The third-order valence-corrected chi connectivity index (χ3v) is 12.7. The van der Waals surface area contributed by atoms with Crippen molar-refractivity contribution < 1.29 is 77.2 Å². The average molecular weight is 846 g/mol. The van der Waals surface area contributed by atoms with Crippen LogP contribution in [0.5, 0.6) is 0 Å². The van der Waals surface area contributed by atoms with Gasteiger partial charge in [-0.3, -0.25) is 9.59 Å². The number of Topliss-reactive ketones (excluding diaryl/α,β-unsaturated/α-hetero) is 1. The van der Waals surface area contributed by atoms with Gasteiger partial charge in [0.1, 0.15) is 29.5 Å². The van der Waals surface area contributed by atoms with Crippen molar-refractivity contribution >= 4 is 35.9 Å². The van der Waals surface area contributed by atoms with Gasteiger partial charge < -0.3 is 53.8 Å². The molecule has 2 saturated carbocycles. The monoisotopic (exact) mass is 845 g/mol. The molecule has 60 heavy (non-hydrogen) atoms. The van der Waals surface area contributed by atoms with E-state index in [-0.39, 0.29) is 29.7 Å². The van der Waals surface area contributed by atoms with Crippen molar-refractivity contribution in [3.05, 3.63) is 47.0 Å². The quantitative estimate of drug-likeness (QED) is 0.166. The van der Waals surface area contributed by atoms with Crippen LogP contribution in [-0.4, -0.2) is 124 Å². The number of amides is 1. The number of carbonyl (C=O) groups excluding carboxylic acids is 6. The second-order valence-corrected chi connectivity index (χ2v) is 19.1. The summed E-state index contributed by atoms with van der Waals surface area (Å²) >= 11 is 0. The molecule has 1 aromatic rings. The fourth-order valence-corrected chi connectivity index (χ4v) is 9.50. The van der Waals surface area contributed by atoms with E-state index in [2.05, 4.69) is 5.32 Å². The number of alkyl carbamates (subject to hydrolysis) is 1. The Morgan fingerprint density at radius 2 is 1.58 bits per heavy atom. The van der Waals surface area contributed by atoms with Crippen LogP contribution in [0.4, 0.5) is 9.59 Å². The molecule has 3 aliphatic carbocycles. The van der Waals surface area contributed by atoms with E-state index in [0.717, 1.165) is 14.0 Å². The summed E-state index contributed by atoms with van der Waals surface area (Å²) in [6, 6.07) is 6.50. The standard InChI is InChI=1S/C43H59NO16/c1-21-24(57-35(50)28(47)31(38(3,4)5)44-36(51)59-39(6,7)8)19-43(53)33(58-34(49)23-16-14-13-15-17-23)30-41(11,32(48)29(56-22(2)45)27(21)40(43,9)10)25(46)18-26-42(30,20-55-26)60-37(52)54-12/h13-17,24-26,28-31,33,46-47,53H,18-20H2,1-12H3,(H,44,51)/t24-,25-,26+,28+,29+,30-,31+,33-,41+,42-,43+/m0/s1. The number of rotatable bonds is 8. The van der Waals surface area contributed by atoms with Gasteiger partial charge >= 0.3 is 30.2 Å². The first-order valence-electron chi connectivity index (χ1n) is 19.9. The number of ketones is 1. The van der Waals surface area contributed by atoms with Crippen molar-refractivity contribution in [1.29, 1.82) is 0 Å². The van der Waals surface area contributed by atoms with E-state index in [4.69, 9.17) is 33.2 Å². The summed E-state index contributed by atoms with van der Waals surface area (Å²) in [5.41, 5.74) is -9.78. The van der Waals surface area contributed by atoms with E-state index in [1.807, 2.05) is 0 Å². The molecule has 4 aliphatic rings. The molecule has 1 saturated heterocycles. The predicted molar refractivity (Wildman–Crippen MR) is 209 cm³/mol. The molecule has 3 fully saturated rings. The first-order chi connectivity index (χ1) is 27.6. The number of fused-ring (bicyclic) bond motifs is 5. The Labute approximate surface area is 349 Å². The van der Waals surface area contributed by atoms with Crippen LogP contribution >= 0.6 is 0 Å². The largest absolute Gasteiger partial charge is 0.508 e. The zero-order valence-corrected chi connectivity index (χ0v) is 36.3. The van der Waals surface area contributed by atoms with Crippen LogP contribution in [0, 0.1) is 22.2 Å². The number of aliphatic hydroxyl groups is 3. The van der Waals surface area contributed by atoms with Gasteiger partial charge in [0, 0.05) is 25.2 Å². The van der Waals surface area contributed by atoms with Gasteiger partial charge in [0.25, 0.3) is 0 Å². The Balaban J connectivity index is 1.74. The van der Waals surface area contributed by atoms with Crippen molar-refractivity contribution in [2.75, 3.05) is 13.7 Å². The molecule has 17 heteroatoms. The first kappa shape index (κ1) is 46.5. The van der Waals surface area contributed by atoms with Gasteiger partial charge in [-0.15, -0.1) is 0 Å². The van der Waals surface area contributed by atoms with Crippen LogP contribution in [0.25, 0.3) is 0 Å². The van der Waals surface area contributed by atoms with Crippen molar-refractivity contribution in [2.45, 2.75) is 148 Å². The van der Waals surface area contributed by atoms with Crippen molar-refractivity contribution in [3.8, 4) is 0 Å². The van der Waals surface area contributed by atoms with E-state index in [9.17, 15) is 39.3 Å². The van der Waals surface area contributed by atoms with E-state index in [0.29, 0.717) is 0 Å². The van der Waals surface area contributed by atoms with Crippen LogP contribution in [0.1, 0.15) is 99.4 Å². The lowest BCUT2D eigenvalue weighted by Crippen LogP contribution is -2.82. The molecule has 1 heterocycles. The summed E-state index contributed by atoms with van der Waals surface area (Å²) < 4.78 is 40.3. The number of benzene rings is 1. The molecule has 5 rings (SSSR count). The van der Waals surface area contributed by atoms with E-state index < -0.39 is 124 Å². The third kappa shape index (κ3) is 8.00. The molecule has 2 bridgehead atoms. The highest BCUT2D eigenvalue weighted by atomic mass is 16.8. The minimum absolute atomic E-state index is 0.0226. The van der Waals surface area contributed by atoms with Gasteiger partial charge in [0.05, 0.1) is 42.8 Å². The minimum Gasteiger partial charge on any atom is -0.456 e. The Kier molecular flexibility index (Phi) is 12.4. The van der Waals surface area contributed by atoms with Gasteiger partial charge in [-0.2, -0.15) is 0 Å². The Morgan fingerprint density at radius 3 is 2.10 bits per heavy atom. The number of methoxy groups -OCH3 is 1. The molecule has 0 unspecified atom stereocenters. The maximum absolute atomic E-state index is 15.4. The fraction of sp³-hybridized carbons (Fsp3) is 0.674. The topological polar surface area (TPSA) is 240 Å². The SMILES string of the molecule is COC(=O)O[C@@]12CO[C@@H]1C[C@H](O)[C@@]1(C)C(=O)[C@H](OC(C)=O)C3=C(C)[C@@H](OC(=O)[C@H](O)[C@@H](NC(=O)OC(C)(C)C)C(C)(C)C)C[C@@](O)([C@@H](OC(=O)c4ccccc4)[C@H]21)C3(C)C. The van der Waals surface area contributed by atoms with Gasteiger partial charge in [-0.05, 0) is 63.3 Å². The molecule has 0 radical (unpaired) electrons. The maximum Gasteiger partial charge on any atom is 0.508 e. The van der Waals surface area contributed by atoms with Crippen LogP contribution in [0.15, 0.2) is 41.5 Å². The van der Waals surface area contributed by atoms with Crippen LogP contribution in [-0.2, 0) is 47.5 Å². The molecule has 11 atom stereocenters. The number of hydrogen-bond donors (Lipinski definition) is 4. The number of nitrogens with one attached hydrogen (secondary N) is 1. The molecular formula is C43H59NO16. The molecule has 0 spiro atoms. The Hall–Kier alpha value is -4.58. The van der Waals surface area contributed by atoms with Crippen molar-refractivity contribution in [2.24, 2.45) is 22.2 Å². The molecular weight excluding hydrogens is 786 g/mol. The first-order valence-corrected chi connectivity index (χ1v) is 19.9. The lowest BCUT2D eigenvalue weighted by atomic mass is 9.44. The zero-order valence-electron chi connectivity index (χ0n) is 36.3. The lowest BCUT2D eigenvalue weighted by Gasteiger charge is -2.67. The molecule has 1 aromatic carbocycles. The summed E-state index contributed by atoms with van der Waals surface area (Å²) in [5, 5.41) is 39.8. The highest BCUT2D eigenvalue weighted by Crippen LogP contribution is 2.64. The fourth-order valence-electron chi connectivity index (χ4n) is 9.50. The Bertz CT molecular complexity index is 1910. The molecule has 1 amide bonds. The highest BCUT2D eigenvalue weighted by molar-refractivity contribution is 5.95. The molecule has 0 aromatic heterocycles. The maximum atomic E-state index is 15.4. The van der Waals surface area contributed by atoms with Crippen molar-refractivity contribution in [1.82, 2.24) is 5.32 Å². The normalized spacial score (nSPS) is 33.1. The molecule has 17 nitrogen and oxygen atoms in total. The van der Waals surface area contributed by atoms with Gasteiger partial charge in [0.2, 0.25) is 0 Å². The van der Waals surface area contributed by atoms with E-state index >= 15 is 4.79 Å². The van der Waals surface area contributed by atoms with Crippen LogP contribution in [0.3, 0.4) is 0 Å². The summed E-state index contributed by atoms with van der Waals surface area (Å²) in [5.74, 6) is -5.62. The average Bonchev–Trinajstić information content (AvgIpc) is 3.13. The van der Waals surface area contributed by atoms with E-state index in [1.54, 1.807) is 59.7 Å². The number of carbonyl (C=O) groups is 6. The van der Waals surface area contributed by atoms with Crippen LogP contribution < -0.4 is 5.32 Å². The van der Waals surface area contributed by atoms with Crippen LogP contribution in [0.2, 0.25) is 0 Å². The predicted octanol–water partition coefficient (Wildman–Crippen LogP) is 3.72. The summed E-state index contributed by atoms with van der Waals surface area (Å²) in [4.78, 5) is 82.7. The number of aliphatic hydroxyl groups excluding tert-OH is 2. The smallest absolute Gasteiger partial charge is 0.456 e. The highest BCUT2D eigenvalue weighted by Gasteiger charge is 2.78. The number of esters is 3. The zero-order chi connectivity index (χ0) is 45.1. The Morgan fingerprint density at radius 1 is 0.967 bits per heavy atom.